The summed E-state index contributed by atoms with van der Waals surface area (Å²) in [5.41, 5.74) is 0.967. The largest absolute Gasteiger partial charge is 0.350 e. The first-order valence-corrected chi connectivity index (χ1v) is 12.2. The van der Waals surface area contributed by atoms with Crippen molar-refractivity contribution >= 4 is 17.3 Å². The highest BCUT2D eigenvalue weighted by Gasteiger charge is 2.37. The molecule has 7 nitrogen and oxygen atoms in total. The molecule has 0 bridgehead atoms. The van der Waals surface area contributed by atoms with Gasteiger partial charge in [0.15, 0.2) is 11.6 Å². The number of imidazole rings is 1. The molecule has 1 N–H and O–H groups in total. The first-order chi connectivity index (χ1) is 17.3. The van der Waals surface area contributed by atoms with E-state index in [1.807, 2.05) is 6.92 Å². The van der Waals surface area contributed by atoms with Crippen LogP contribution in [0.5, 0.6) is 0 Å². The molecule has 0 unspecified atom stereocenters. The molecule has 2 aliphatic rings. The number of carbonyl (C=O) groups excluding carboxylic acids is 2. The second kappa shape index (κ2) is 9.93. The van der Waals surface area contributed by atoms with Crippen molar-refractivity contribution < 1.29 is 22.8 Å². The fraction of sp³-hybridized carbons (Fsp3) is 0.423. The van der Waals surface area contributed by atoms with E-state index < -0.39 is 35.5 Å². The van der Waals surface area contributed by atoms with Gasteiger partial charge in [-0.3, -0.25) is 14.5 Å². The summed E-state index contributed by atoms with van der Waals surface area (Å²) in [7, 11) is 0. The van der Waals surface area contributed by atoms with Crippen molar-refractivity contribution in [3.05, 3.63) is 71.6 Å². The number of benzene rings is 1. The van der Waals surface area contributed by atoms with Crippen molar-refractivity contribution in [1.29, 1.82) is 0 Å². The first-order valence-electron chi connectivity index (χ1n) is 12.2. The number of nitrogens with one attached hydrogen (secondary N) is 1. The maximum absolute atomic E-state index is 14.8. The van der Waals surface area contributed by atoms with Gasteiger partial charge in [-0.25, -0.2) is 18.2 Å². The third-order valence-electron chi connectivity index (χ3n) is 7.40. The van der Waals surface area contributed by atoms with Crippen LogP contribution in [0.2, 0.25) is 0 Å². The van der Waals surface area contributed by atoms with Crippen LogP contribution in [0.1, 0.15) is 48.0 Å². The normalized spacial score (nSPS) is 21.6. The van der Waals surface area contributed by atoms with Crippen LogP contribution in [-0.4, -0.2) is 69.3 Å². The van der Waals surface area contributed by atoms with Crippen molar-refractivity contribution in [3.63, 3.8) is 0 Å². The number of aromatic nitrogens is 2. The number of rotatable bonds is 5. The van der Waals surface area contributed by atoms with Crippen LogP contribution < -0.4 is 5.32 Å². The quantitative estimate of drug-likeness (QED) is 0.547. The minimum absolute atomic E-state index is 0.0781. The topological polar surface area (TPSA) is 70.0 Å². The lowest BCUT2D eigenvalue weighted by atomic mass is 9.84. The maximum atomic E-state index is 14.8. The summed E-state index contributed by atoms with van der Waals surface area (Å²) in [6.07, 6.45) is 7.25. The second-order valence-electron chi connectivity index (χ2n) is 9.58. The molecule has 190 valence electrons. The minimum atomic E-state index is -1.27. The molecule has 3 aromatic rings. The van der Waals surface area contributed by atoms with Crippen molar-refractivity contribution in [2.75, 3.05) is 26.2 Å². The zero-order chi connectivity index (χ0) is 25.4. The number of hydrogen-bond acceptors (Lipinski definition) is 4. The lowest BCUT2D eigenvalue weighted by molar-refractivity contribution is -0.126. The van der Waals surface area contributed by atoms with Gasteiger partial charge in [0.2, 0.25) is 5.91 Å². The lowest BCUT2D eigenvalue weighted by Crippen LogP contribution is -2.56. The SMILES string of the molecule is C[C@H](C(=O)N[C@@H]1CN(C(=O)c2cccn3cncc23)CC[C@H]1c1cc(F)cc(F)c1F)N1CCCC1. The summed E-state index contributed by atoms with van der Waals surface area (Å²) >= 11 is 0. The van der Waals surface area contributed by atoms with Crippen molar-refractivity contribution in [1.82, 2.24) is 24.5 Å². The Morgan fingerprint density at radius 2 is 1.92 bits per heavy atom. The molecular formula is C26H28F3N5O2. The monoisotopic (exact) mass is 499 g/mol. The van der Waals surface area contributed by atoms with Gasteiger partial charge >= 0.3 is 0 Å². The first kappa shape index (κ1) is 24.3. The number of amides is 2. The Labute approximate surface area is 206 Å². The van der Waals surface area contributed by atoms with E-state index in [2.05, 4.69) is 15.2 Å². The summed E-state index contributed by atoms with van der Waals surface area (Å²) < 4.78 is 44.7. The third kappa shape index (κ3) is 4.57. The van der Waals surface area contributed by atoms with Crippen molar-refractivity contribution in [2.24, 2.45) is 0 Å². The molecule has 4 heterocycles. The summed E-state index contributed by atoms with van der Waals surface area (Å²) in [5.74, 6) is -4.48. The summed E-state index contributed by atoms with van der Waals surface area (Å²) in [6, 6.07) is 3.81. The van der Waals surface area contributed by atoms with Gasteiger partial charge in [0.05, 0.1) is 35.7 Å². The van der Waals surface area contributed by atoms with E-state index in [1.54, 1.807) is 40.2 Å². The lowest BCUT2D eigenvalue weighted by Gasteiger charge is -2.40. The van der Waals surface area contributed by atoms with Crippen LogP contribution in [0.15, 0.2) is 43.0 Å². The molecule has 5 rings (SSSR count). The summed E-state index contributed by atoms with van der Waals surface area (Å²) in [6.45, 7) is 3.75. The molecule has 3 atom stereocenters. The van der Waals surface area contributed by atoms with Gasteiger partial charge in [0.25, 0.3) is 5.91 Å². The smallest absolute Gasteiger partial charge is 0.256 e. The molecule has 10 heteroatoms. The molecule has 0 radical (unpaired) electrons. The molecule has 2 aromatic heterocycles. The van der Waals surface area contributed by atoms with Gasteiger partial charge in [0.1, 0.15) is 5.82 Å². The molecular weight excluding hydrogens is 471 g/mol. The Morgan fingerprint density at radius 1 is 1.14 bits per heavy atom. The Hall–Kier alpha value is -3.40. The van der Waals surface area contributed by atoms with Crippen LogP contribution in [0.3, 0.4) is 0 Å². The Balaban J connectivity index is 1.43. The van der Waals surface area contributed by atoms with E-state index in [4.69, 9.17) is 0 Å². The molecule has 1 aromatic carbocycles. The average Bonchev–Trinajstić information content (AvgIpc) is 3.57. The number of pyridine rings is 1. The zero-order valence-corrected chi connectivity index (χ0v) is 20.0. The van der Waals surface area contributed by atoms with Gasteiger partial charge < -0.3 is 14.6 Å². The number of fused-ring (bicyclic) bond motifs is 1. The third-order valence-corrected chi connectivity index (χ3v) is 7.40. The van der Waals surface area contributed by atoms with Gasteiger partial charge in [-0.15, -0.1) is 0 Å². The second-order valence-corrected chi connectivity index (χ2v) is 9.58. The molecule has 36 heavy (non-hydrogen) atoms. The van der Waals surface area contributed by atoms with Crippen LogP contribution in [0, 0.1) is 17.5 Å². The molecule has 0 spiro atoms. The number of nitrogens with zero attached hydrogens (tertiary/aromatic N) is 4. The highest BCUT2D eigenvalue weighted by atomic mass is 19.2. The number of likely N-dealkylation sites (tertiary alicyclic amines) is 2. The van der Waals surface area contributed by atoms with Crippen molar-refractivity contribution in [2.45, 2.75) is 44.2 Å². The van der Waals surface area contributed by atoms with Crippen LogP contribution in [-0.2, 0) is 4.79 Å². The Bertz CT molecular complexity index is 1290. The van der Waals surface area contributed by atoms with Crippen molar-refractivity contribution in [3.8, 4) is 0 Å². The number of piperidine rings is 1. The molecule has 0 aliphatic carbocycles. The standard InChI is InChI=1S/C26H28F3N5O2/c1-16(32-7-2-3-8-32)25(35)31-22-14-33(26(36)19-5-4-9-34-15-30-13-23(19)34)10-6-18(22)20-11-17(27)12-21(28)24(20)29/h4-5,9,11-13,15-16,18,22H,2-3,6-8,10,14H2,1H3,(H,31,35)/t16-,18+,22-/m1/s1. The predicted octanol–water partition coefficient (Wildman–Crippen LogP) is 3.35. The minimum Gasteiger partial charge on any atom is -0.350 e. The average molecular weight is 500 g/mol. The summed E-state index contributed by atoms with van der Waals surface area (Å²) in [5, 5.41) is 2.98. The zero-order valence-electron chi connectivity index (χ0n) is 20.0. The van der Waals surface area contributed by atoms with Crippen LogP contribution >= 0.6 is 0 Å². The van der Waals surface area contributed by atoms with Gasteiger partial charge in [-0.1, -0.05) is 0 Å². The number of halogens is 3. The van der Waals surface area contributed by atoms with E-state index in [-0.39, 0.29) is 36.9 Å². The molecule has 0 saturated carbocycles. The molecule has 2 amide bonds. The Kier molecular flexibility index (Phi) is 6.70. The molecule has 2 fully saturated rings. The van der Waals surface area contributed by atoms with Crippen LogP contribution in [0.4, 0.5) is 13.2 Å². The van der Waals surface area contributed by atoms with Crippen LogP contribution in [0.25, 0.3) is 5.52 Å². The van der Waals surface area contributed by atoms with Gasteiger partial charge in [0, 0.05) is 31.3 Å². The van der Waals surface area contributed by atoms with E-state index in [9.17, 15) is 22.8 Å². The van der Waals surface area contributed by atoms with E-state index >= 15 is 0 Å². The summed E-state index contributed by atoms with van der Waals surface area (Å²) in [4.78, 5) is 34.4. The molecule has 2 aliphatic heterocycles. The fourth-order valence-corrected chi connectivity index (χ4v) is 5.40. The van der Waals surface area contributed by atoms with Gasteiger partial charge in [-0.2, -0.15) is 0 Å². The maximum Gasteiger partial charge on any atom is 0.256 e. The fourth-order valence-electron chi connectivity index (χ4n) is 5.40. The molecule has 2 saturated heterocycles. The van der Waals surface area contributed by atoms with Gasteiger partial charge in [-0.05, 0) is 63.0 Å². The van der Waals surface area contributed by atoms with E-state index in [0.29, 0.717) is 17.1 Å². The Morgan fingerprint density at radius 3 is 2.69 bits per heavy atom. The number of carbonyl (C=O) groups is 2. The highest BCUT2D eigenvalue weighted by Crippen LogP contribution is 2.33. The van der Waals surface area contributed by atoms with E-state index in [0.717, 1.165) is 32.0 Å². The predicted molar refractivity (Wildman–Crippen MR) is 127 cm³/mol. The van der Waals surface area contributed by atoms with E-state index in [1.165, 1.54) is 0 Å². The number of hydrogen-bond donors (Lipinski definition) is 1. The highest BCUT2D eigenvalue weighted by molar-refractivity contribution is 6.00.